The molecule has 0 saturated carbocycles. The number of ketones is 1. The Labute approximate surface area is 97.4 Å². The van der Waals surface area contributed by atoms with Gasteiger partial charge in [0.15, 0.2) is 0 Å². The van der Waals surface area contributed by atoms with Gasteiger partial charge in [-0.3, -0.25) is 14.5 Å². The third-order valence-electron chi connectivity index (χ3n) is 2.90. The number of hydrogen-bond acceptors (Lipinski definition) is 3. The minimum absolute atomic E-state index is 0.0548. The maximum atomic E-state index is 11.6. The first-order chi connectivity index (χ1) is 7.49. The lowest BCUT2D eigenvalue weighted by molar-refractivity contribution is -0.126. The molecule has 92 valence electrons. The Morgan fingerprint density at radius 3 is 2.69 bits per heavy atom. The van der Waals surface area contributed by atoms with E-state index in [-0.39, 0.29) is 23.7 Å². The van der Waals surface area contributed by atoms with Gasteiger partial charge >= 0.3 is 0 Å². The summed E-state index contributed by atoms with van der Waals surface area (Å²) in [6.45, 7) is 7.62. The van der Waals surface area contributed by atoms with Crippen LogP contribution >= 0.6 is 0 Å². The molecular formula is C12H22N2O2. The van der Waals surface area contributed by atoms with Gasteiger partial charge in [-0.25, -0.2) is 0 Å². The zero-order valence-electron chi connectivity index (χ0n) is 10.5. The summed E-state index contributed by atoms with van der Waals surface area (Å²) in [5, 5.41) is 2.87. The Morgan fingerprint density at radius 2 is 2.12 bits per heavy atom. The molecule has 1 atom stereocenters. The van der Waals surface area contributed by atoms with Crippen molar-refractivity contribution < 1.29 is 9.59 Å². The highest BCUT2D eigenvalue weighted by molar-refractivity contribution is 5.79. The topological polar surface area (TPSA) is 49.4 Å². The van der Waals surface area contributed by atoms with Crippen LogP contribution in [0.5, 0.6) is 0 Å². The Balaban J connectivity index is 2.37. The molecule has 1 fully saturated rings. The Kier molecular flexibility index (Phi) is 4.93. The van der Waals surface area contributed by atoms with Gasteiger partial charge in [-0.2, -0.15) is 0 Å². The molecule has 0 radical (unpaired) electrons. The molecule has 1 rings (SSSR count). The fourth-order valence-corrected chi connectivity index (χ4v) is 2.10. The first-order valence-corrected chi connectivity index (χ1v) is 6.01. The van der Waals surface area contributed by atoms with Crippen LogP contribution in [-0.2, 0) is 9.59 Å². The van der Waals surface area contributed by atoms with E-state index in [0.717, 1.165) is 25.9 Å². The number of hydrogen-bond donors (Lipinski definition) is 1. The SMILES string of the molecule is CC(=O)C1CCCN(CC(=O)NC(C)C)C1. The number of carbonyl (C=O) groups is 2. The lowest BCUT2D eigenvalue weighted by Gasteiger charge is -2.31. The van der Waals surface area contributed by atoms with Gasteiger partial charge in [0.1, 0.15) is 5.78 Å². The molecule has 1 aliphatic rings. The molecule has 4 heteroatoms. The number of nitrogens with one attached hydrogen (secondary N) is 1. The van der Waals surface area contributed by atoms with Crippen molar-refractivity contribution in [3.05, 3.63) is 0 Å². The standard InChI is InChI=1S/C12H22N2O2/c1-9(2)13-12(16)8-14-6-4-5-11(7-14)10(3)15/h9,11H,4-8H2,1-3H3,(H,13,16). The van der Waals surface area contributed by atoms with E-state index >= 15 is 0 Å². The van der Waals surface area contributed by atoms with Crippen LogP contribution in [-0.4, -0.2) is 42.3 Å². The predicted octanol–water partition coefficient (Wildman–Crippen LogP) is 0.812. The largest absolute Gasteiger partial charge is 0.353 e. The fraction of sp³-hybridized carbons (Fsp3) is 0.833. The average molecular weight is 226 g/mol. The van der Waals surface area contributed by atoms with Gasteiger partial charge in [0.25, 0.3) is 0 Å². The van der Waals surface area contributed by atoms with Crippen molar-refractivity contribution in [3.63, 3.8) is 0 Å². The zero-order valence-corrected chi connectivity index (χ0v) is 10.5. The lowest BCUT2D eigenvalue weighted by atomic mass is 9.95. The molecule has 1 N–H and O–H groups in total. The average Bonchev–Trinajstić information content (AvgIpc) is 2.16. The summed E-state index contributed by atoms with van der Waals surface area (Å²) < 4.78 is 0. The summed E-state index contributed by atoms with van der Waals surface area (Å²) in [7, 11) is 0. The van der Waals surface area contributed by atoms with E-state index in [0.29, 0.717) is 6.54 Å². The van der Waals surface area contributed by atoms with Crippen molar-refractivity contribution in [2.45, 2.75) is 39.7 Å². The summed E-state index contributed by atoms with van der Waals surface area (Å²) in [6.07, 6.45) is 1.98. The van der Waals surface area contributed by atoms with Crippen LogP contribution < -0.4 is 5.32 Å². The first-order valence-electron chi connectivity index (χ1n) is 6.01. The molecule has 1 saturated heterocycles. The van der Waals surface area contributed by atoms with Crippen molar-refractivity contribution in [2.24, 2.45) is 5.92 Å². The molecule has 0 aromatic heterocycles. The molecule has 0 aliphatic carbocycles. The normalized spacial score (nSPS) is 22.1. The molecule has 1 heterocycles. The van der Waals surface area contributed by atoms with E-state index in [1.54, 1.807) is 6.92 Å². The quantitative estimate of drug-likeness (QED) is 0.772. The van der Waals surface area contributed by atoms with Gasteiger partial charge in [-0.1, -0.05) is 0 Å². The van der Waals surface area contributed by atoms with Gasteiger partial charge in [0.2, 0.25) is 5.91 Å². The van der Waals surface area contributed by atoms with Crippen molar-refractivity contribution >= 4 is 11.7 Å². The molecular weight excluding hydrogens is 204 g/mol. The van der Waals surface area contributed by atoms with Gasteiger partial charge in [-0.05, 0) is 40.2 Å². The maximum absolute atomic E-state index is 11.6. The molecule has 0 aromatic rings. The number of Topliss-reactive ketones (excluding diaryl/α,β-unsaturated/α-hetero) is 1. The van der Waals surface area contributed by atoms with Crippen molar-refractivity contribution in [2.75, 3.05) is 19.6 Å². The van der Waals surface area contributed by atoms with Crippen LogP contribution in [0.2, 0.25) is 0 Å². The minimum Gasteiger partial charge on any atom is -0.353 e. The molecule has 1 unspecified atom stereocenters. The maximum Gasteiger partial charge on any atom is 0.234 e. The molecule has 0 spiro atoms. The molecule has 1 aliphatic heterocycles. The molecule has 4 nitrogen and oxygen atoms in total. The monoisotopic (exact) mass is 226 g/mol. The van der Waals surface area contributed by atoms with E-state index in [1.165, 1.54) is 0 Å². The second kappa shape index (κ2) is 5.99. The van der Waals surface area contributed by atoms with E-state index in [4.69, 9.17) is 0 Å². The Bertz CT molecular complexity index is 264. The number of carbonyl (C=O) groups excluding carboxylic acids is 2. The Morgan fingerprint density at radius 1 is 1.44 bits per heavy atom. The molecule has 0 bridgehead atoms. The summed E-state index contributed by atoms with van der Waals surface area (Å²) in [6, 6.07) is 0.181. The first kappa shape index (κ1) is 13.2. The Hall–Kier alpha value is -0.900. The van der Waals surface area contributed by atoms with E-state index in [1.807, 2.05) is 13.8 Å². The highest BCUT2D eigenvalue weighted by Crippen LogP contribution is 2.16. The van der Waals surface area contributed by atoms with Crippen LogP contribution in [0.4, 0.5) is 0 Å². The van der Waals surface area contributed by atoms with E-state index < -0.39 is 0 Å². The number of piperidine rings is 1. The van der Waals surface area contributed by atoms with Crippen LogP contribution in [0, 0.1) is 5.92 Å². The van der Waals surface area contributed by atoms with Crippen molar-refractivity contribution in [3.8, 4) is 0 Å². The number of likely N-dealkylation sites (tertiary alicyclic amines) is 1. The van der Waals surface area contributed by atoms with Crippen molar-refractivity contribution in [1.29, 1.82) is 0 Å². The highest BCUT2D eigenvalue weighted by atomic mass is 16.2. The molecule has 16 heavy (non-hydrogen) atoms. The predicted molar refractivity (Wildman–Crippen MR) is 63.1 cm³/mol. The van der Waals surface area contributed by atoms with Gasteiger partial charge in [-0.15, -0.1) is 0 Å². The summed E-state index contributed by atoms with van der Waals surface area (Å²) in [4.78, 5) is 24.9. The number of rotatable bonds is 4. The minimum atomic E-state index is 0.0548. The van der Waals surface area contributed by atoms with Gasteiger partial charge in [0.05, 0.1) is 6.54 Å². The second-order valence-corrected chi connectivity index (χ2v) is 4.91. The smallest absolute Gasteiger partial charge is 0.234 e. The third-order valence-corrected chi connectivity index (χ3v) is 2.90. The van der Waals surface area contributed by atoms with Crippen LogP contribution in [0.3, 0.4) is 0 Å². The van der Waals surface area contributed by atoms with Crippen LogP contribution in [0.1, 0.15) is 33.6 Å². The van der Waals surface area contributed by atoms with Crippen molar-refractivity contribution in [1.82, 2.24) is 10.2 Å². The third kappa shape index (κ3) is 4.31. The highest BCUT2D eigenvalue weighted by Gasteiger charge is 2.24. The number of nitrogens with zero attached hydrogens (tertiary/aromatic N) is 1. The van der Waals surface area contributed by atoms with E-state index in [9.17, 15) is 9.59 Å². The van der Waals surface area contributed by atoms with Crippen LogP contribution in [0.25, 0.3) is 0 Å². The molecule has 0 aromatic carbocycles. The fourth-order valence-electron chi connectivity index (χ4n) is 2.10. The zero-order chi connectivity index (χ0) is 12.1. The second-order valence-electron chi connectivity index (χ2n) is 4.91. The number of amides is 1. The summed E-state index contributed by atoms with van der Waals surface area (Å²) >= 11 is 0. The molecule has 1 amide bonds. The summed E-state index contributed by atoms with van der Waals surface area (Å²) in [5.41, 5.74) is 0. The summed E-state index contributed by atoms with van der Waals surface area (Å²) in [5.74, 6) is 0.425. The lowest BCUT2D eigenvalue weighted by Crippen LogP contribution is -2.45. The van der Waals surface area contributed by atoms with Gasteiger partial charge in [0, 0.05) is 18.5 Å². The van der Waals surface area contributed by atoms with E-state index in [2.05, 4.69) is 10.2 Å². The van der Waals surface area contributed by atoms with Crippen LogP contribution in [0.15, 0.2) is 0 Å². The van der Waals surface area contributed by atoms with Gasteiger partial charge < -0.3 is 5.32 Å².